The smallest absolute Gasteiger partial charge is 0.254 e. The second-order valence-electron chi connectivity index (χ2n) is 7.33. The van der Waals surface area contributed by atoms with Gasteiger partial charge in [0, 0.05) is 66.5 Å². The van der Waals surface area contributed by atoms with Gasteiger partial charge in [0.1, 0.15) is 0 Å². The molecule has 2 aromatic rings. The van der Waals surface area contributed by atoms with E-state index in [0.29, 0.717) is 13.1 Å². The number of carbonyl (C=O) groups is 1. The number of aliphatic hydroxyl groups excluding tert-OH is 1. The minimum Gasteiger partial charge on any atom is -0.516 e. The van der Waals surface area contributed by atoms with Gasteiger partial charge in [-0.3, -0.25) is 9.78 Å². The summed E-state index contributed by atoms with van der Waals surface area (Å²) in [6.07, 6.45) is 14.7. The van der Waals surface area contributed by atoms with Gasteiger partial charge in [-0.2, -0.15) is 0 Å². The Bertz CT molecular complexity index is 1020. The zero-order chi connectivity index (χ0) is 23.5. The van der Waals surface area contributed by atoms with Gasteiger partial charge >= 0.3 is 0 Å². The van der Waals surface area contributed by atoms with Crippen LogP contribution < -0.4 is 9.62 Å². The number of aryl methyl sites for hydroxylation is 1. The zero-order valence-corrected chi connectivity index (χ0v) is 20.6. The molecule has 1 aromatic carbocycles. The highest BCUT2D eigenvalue weighted by Crippen LogP contribution is 2.25. The average Bonchev–Trinajstić information content (AvgIpc) is 2.87. The number of pyridine rings is 1. The number of hydrogen-bond donors (Lipinski definition) is 2. The summed E-state index contributed by atoms with van der Waals surface area (Å²) >= 11 is 3.06. The molecule has 0 radical (unpaired) electrons. The van der Waals surface area contributed by atoms with Crippen LogP contribution in [0.5, 0.6) is 0 Å². The topological polar surface area (TPSA) is 68.7 Å². The van der Waals surface area contributed by atoms with E-state index in [1.807, 2.05) is 47.2 Å². The highest BCUT2D eigenvalue weighted by atomic mass is 32.2. The average molecular weight is 483 g/mol. The SMILES string of the molecule is CCc1ccc(SC)cc1C(=O)N1CCN(c2ccncc2/C=C\NS/C=C/C=C\O)CC1. The number of benzene rings is 1. The van der Waals surface area contributed by atoms with Gasteiger partial charge in [0.25, 0.3) is 5.91 Å². The van der Waals surface area contributed by atoms with Crippen LogP contribution in [0.2, 0.25) is 0 Å². The van der Waals surface area contributed by atoms with E-state index in [-0.39, 0.29) is 5.91 Å². The number of aromatic nitrogens is 1. The number of hydrogen-bond acceptors (Lipinski definition) is 7. The molecule has 33 heavy (non-hydrogen) atoms. The first-order valence-electron chi connectivity index (χ1n) is 10.9. The summed E-state index contributed by atoms with van der Waals surface area (Å²) in [6, 6.07) is 8.22. The number of anilines is 1. The van der Waals surface area contributed by atoms with Gasteiger partial charge in [-0.05, 0) is 65.9 Å². The molecule has 2 heterocycles. The Hall–Kier alpha value is -2.84. The second kappa shape index (κ2) is 13.0. The number of nitrogens with zero attached hydrogens (tertiary/aromatic N) is 3. The van der Waals surface area contributed by atoms with Crippen molar-refractivity contribution in [2.75, 3.05) is 37.3 Å². The maximum Gasteiger partial charge on any atom is 0.254 e. The Balaban J connectivity index is 1.63. The highest BCUT2D eigenvalue weighted by Gasteiger charge is 2.24. The molecule has 0 bridgehead atoms. The molecule has 1 aliphatic heterocycles. The van der Waals surface area contributed by atoms with Crippen LogP contribution in [0.4, 0.5) is 5.69 Å². The predicted molar refractivity (Wildman–Crippen MR) is 141 cm³/mol. The van der Waals surface area contributed by atoms with Gasteiger partial charge in [-0.1, -0.05) is 19.1 Å². The molecule has 0 aliphatic carbocycles. The minimum absolute atomic E-state index is 0.127. The normalized spacial score (nSPS) is 14.6. The lowest BCUT2D eigenvalue weighted by Gasteiger charge is -2.37. The number of piperazine rings is 1. The Labute approximate surface area is 204 Å². The van der Waals surface area contributed by atoms with Gasteiger partial charge in [0.05, 0.1) is 6.26 Å². The molecular formula is C25H30N4O2S2. The lowest BCUT2D eigenvalue weighted by Crippen LogP contribution is -2.49. The number of rotatable bonds is 9. The summed E-state index contributed by atoms with van der Waals surface area (Å²) < 4.78 is 3.12. The standard InChI is InChI=1S/C25H30N4O2S2/c1-3-20-6-7-22(32-2)18-23(20)25(31)29-14-12-28(13-15-29)24-9-10-26-19-21(24)8-11-27-33-17-5-4-16-30/h4-11,16-19,27,30H,3,12-15H2,1-2H3/b11-8-,16-4-,17-5+. The van der Waals surface area contributed by atoms with Crippen LogP contribution >= 0.6 is 23.7 Å². The van der Waals surface area contributed by atoms with E-state index in [9.17, 15) is 4.79 Å². The Kier molecular flexibility index (Phi) is 9.77. The van der Waals surface area contributed by atoms with Crippen molar-refractivity contribution < 1.29 is 9.90 Å². The third kappa shape index (κ3) is 6.82. The summed E-state index contributed by atoms with van der Waals surface area (Å²) in [5.74, 6) is 0.127. The van der Waals surface area contributed by atoms with Gasteiger partial charge in [0.2, 0.25) is 0 Å². The van der Waals surface area contributed by atoms with E-state index in [0.717, 1.165) is 53.0 Å². The molecule has 0 saturated carbocycles. The molecular weight excluding hydrogens is 452 g/mol. The molecule has 3 rings (SSSR count). The maximum absolute atomic E-state index is 13.3. The van der Waals surface area contributed by atoms with Crippen LogP contribution in [-0.2, 0) is 6.42 Å². The van der Waals surface area contributed by atoms with E-state index in [1.165, 1.54) is 11.9 Å². The van der Waals surface area contributed by atoms with Crippen LogP contribution in [0.25, 0.3) is 6.08 Å². The highest BCUT2D eigenvalue weighted by molar-refractivity contribution is 8.00. The number of carbonyl (C=O) groups excluding carboxylic acids is 1. The monoisotopic (exact) mass is 482 g/mol. The number of nitrogens with one attached hydrogen (secondary N) is 1. The fourth-order valence-corrected chi connectivity index (χ4v) is 4.50. The Morgan fingerprint density at radius 1 is 1.21 bits per heavy atom. The molecule has 1 saturated heterocycles. The first-order valence-corrected chi connectivity index (χ1v) is 13.0. The molecule has 0 atom stereocenters. The van der Waals surface area contributed by atoms with E-state index >= 15 is 0 Å². The number of amides is 1. The lowest BCUT2D eigenvalue weighted by atomic mass is 10.0. The molecule has 8 heteroatoms. The van der Waals surface area contributed by atoms with Crippen molar-refractivity contribution in [3.8, 4) is 0 Å². The van der Waals surface area contributed by atoms with Gasteiger partial charge in [0.15, 0.2) is 0 Å². The Morgan fingerprint density at radius 3 is 2.76 bits per heavy atom. The van der Waals surface area contributed by atoms with Gasteiger partial charge in [-0.25, -0.2) is 0 Å². The maximum atomic E-state index is 13.3. The van der Waals surface area contributed by atoms with Gasteiger partial charge < -0.3 is 19.6 Å². The molecule has 174 valence electrons. The van der Waals surface area contributed by atoms with Gasteiger partial charge in [-0.15, -0.1) is 11.8 Å². The first-order chi connectivity index (χ1) is 16.2. The van der Waals surface area contributed by atoms with Crippen molar-refractivity contribution in [2.24, 2.45) is 0 Å². The summed E-state index contributed by atoms with van der Waals surface area (Å²) in [4.78, 5) is 22.9. The van der Waals surface area contributed by atoms with Crippen LogP contribution in [0.3, 0.4) is 0 Å². The van der Waals surface area contributed by atoms with Crippen LogP contribution in [0.15, 0.2) is 71.6 Å². The predicted octanol–water partition coefficient (Wildman–Crippen LogP) is 5.12. The number of aliphatic hydroxyl groups is 1. The Morgan fingerprint density at radius 2 is 2.03 bits per heavy atom. The van der Waals surface area contributed by atoms with Crippen molar-refractivity contribution in [1.82, 2.24) is 14.6 Å². The summed E-state index contributed by atoms with van der Waals surface area (Å²) in [5.41, 5.74) is 4.06. The summed E-state index contributed by atoms with van der Waals surface area (Å²) in [5, 5.41) is 10.4. The quantitative estimate of drug-likeness (QED) is 0.169. The number of allylic oxidation sites excluding steroid dienone is 2. The lowest BCUT2D eigenvalue weighted by molar-refractivity contribution is 0.0745. The molecule has 1 fully saturated rings. The largest absolute Gasteiger partial charge is 0.516 e. The molecule has 0 spiro atoms. The van der Waals surface area contributed by atoms with Crippen LogP contribution in [0.1, 0.15) is 28.4 Å². The third-order valence-electron chi connectivity index (χ3n) is 5.41. The van der Waals surface area contributed by atoms with E-state index in [2.05, 4.69) is 33.7 Å². The van der Waals surface area contributed by atoms with Crippen molar-refractivity contribution in [3.05, 3.63) is 83.4 Å². The molecule has 1 aromatic heterocycles. The van der Waals surface area contributed by atoms with E-state index in [4.69, 9.17) is 5.11 Å². The zero-order valence-electron chi connectivity index (χ0n) is 19.0. The van der Waals surface area contributed by atoms with Crippen molar-refractivity contribution >= 4 is 41.4 Å². The molecule has 2 N–H and O–H groups in total. The van der Waals surface area contributed by atoms with Crippen molar-refractivity contribution in [3.63, 3.8) is 0 Å². The van der Waals surface area contributed by atoms with Crippen LogP contribution in [-0.4, -0.2) is 53.3 Å². The minimum atomic E-state index is 0.127. The third-order valence-corrected chi connectivity index (χ3v) is 6.70. The molecule has 1 aliphatic rings. The van der Waals surface area contributed by atoms with E-state index in [1.54, 1.807) is 30.1 Å². The molecule has 6 nitrogen and oxygen atoms in total. The first kappa shape index (κ1) is 24.8. The van der Waals surface area contributed by atoms with E-state index < -0.39 is 0 Å². The number of thioether (sulfide) groups is 1. The second-order valence-corrected chi connectivity index (χ2v) is 8.95. The fourth-order valence-electron chi connectivity index (χ4n) is 3.66. The van der Waals surface area contributed by atoms with Crippen LogP contribution in [0, 0.1) is 0 Å². The summed E-state index contributed by atoms with van der Waals surface area (Å²) in [6.45, 7) is 5.02. The van der Waals surface area contributed by atoms with Crippen molar-refractivity contribution in [1.29, 1.82) is 0 Å². The molecule has 0 unspecified atom stereocenters. The summed E-state index contributed by atoms with van der Waals surface area (Å²) in [7, 11) is 0. The fraction of sp³-hybridized carbons (Fsp3) is 0.280. The molecule has 1 amide bonds. The van der Waals surface area contributed by atoms with Crippen molar-refractivity contribution in [2.45, 2.75) is 18.2 Å².